The third-order valence-electron chi connectivity index (χ3n) is 4.39. The summed E-state index contributed by atoms with van der Waals surface area (Å²) in [5, 5.41) is 0. The number of rotatable bonds is 28. The molecule has 0 fully saturated rings. The van der Waals surface area contributed by atoms with Gasteiger partial charge < -0.3 is 42.8 Å². The van der Waals surface area contributed by atoms with Gasteiger partial charge in [0.2, 0.25) is 0 Å². The molecule has 0 aromatic rings. The van der Waals surface area contributed by atoms with Gasteiger partial charge in [-0.2, -0.15) is 0 Å². The van der Waals surface area contributed by atoms with Crippen molar-refractivity contribution in [3.8, 4) is 0 Å². The number of likely N-dealkylation sites (N-methyl/N-ethyl adjacent to an activating group) is 1. The standard InChI is InChI=1S/C24H49NO9/c1-4-5-6-7-24(26)34-23-22-33-21-20-32-19-18-31-17-16-30-15-14-29-13-12-28-11-10-27-9-8-25(2)3/h4-23H2,1-3H3. The van der Waals surface area contributed by atoms with Gasteiger partial charge >= 0.3 is 5.97 Å². The second-order valence-corrected chi connectivity index (χ2v) is 7.77. The summed E-state index contributed by atoms with van der Waals surface area (Å²) in [5.41, 5.74) is 0. The molecule has 10 heteroatoms. The first-order chi connectivity index (χ1) is 16.7. The third kappa shape index (κ3) is 29.2. The second kappa shape index (κ2) is 28.4. The van der Waals surface area contributed by atoms with Crippen molar-refractivity contribution in [2.24, 2.45) is 0 Å². The van der Waals surface area contributed by atoms with Gasteiger partial charge in [-0.25, -0.2) is 0 Å². The normalized spacial score (nSPS) is 11.4. The summed E-state index contributed by atoms with van der Waals surface area (Å²) in [4.78, 5) is 13.5. The highest BCUT2D eigenvalue weighted by Gasteiger charge is 2.01. The van der Waals surface area contributed by atoms with Crippen molar-refractivity contribution in [2.75, 3.05) is 120 Å². The Balaban J connectivity index is 3.07. The largest absolute Gasteiger partial charge is 0.463 e. The summed E-state index contributed by atoms with van der Waals surface area (Å²) in [6.07, 6.45) is 3.52. The molecule has 0 N–H and O–H groups in total. The van der Waals surface area contributed by atoms with E-state index in [1.54, 1.807) is 0 Å². The number of esters is 1. The topological polar surface area (TPSA) is 94.2 Å². The summed E-state index contributed by atoms with van der Waals surface area (Å²) in [6.45, 7) is 10.7. The predicted octanol–water partition coefficient (Wildman–Crippen LogP) is 1.79. The first-order valence-corrected chi connectivity index (χ1v) is 12.5. The lowest BCUT2D eigenvalue weighted by Gasteiger charge is -2.10. The van der Waals surface area contributed by atoms with Crippen LogP contribution in [0, 0.1) is 0 Å². The molecule has 34 heavy (non-hydrogen) atoms. The molecular weight excluding hydrogens is 446 g/mol. The molecule has 0 atom stereocenters. The van der Waals surface area contributed by atoms with Gasteiger partial charge in [-0.3, -0.25) is 4.79 Å². The number of hydrogen-bond acceptors (Lipinski definition) is 10. The summed E-state index contributed by atoms with van der Waals surface area (Å²) >= 11 is 0. The Bertz CT molecular complexity index is 414. The van der Waals surface area contributed by atoms with Gasteiger partial charge in [-0.1, -0.05) is 19.8 Å². The first-order valence-electron chi connectivity index (χ1n) is 12.5. The molecule has 0 aliphatic heterocycles. The maximum atomic E-state index is 11.4. The van der Waals surface area contributed by atoms with Gasteiger partial charge in [-0.05, 0) is 20.5 Å². The van der Waals surface area contributed by atoms with Gasteiger partial charge in [0.15, 0.2) is 0 Å². The van der Waals surface area contributed by atoms with E-state index in [4.69, 9.17) is 37.9 Å². The number of unbranched alkanes of at least 4 members (excludes halogenated alkanes) is 2. The molecule has 0 aromatic heterocycles. The highest BCUT2D eigenvalue weighted by Crippen LogP contribution is 2.00. The smallest absolute Gasteiger partial charge is 0.305 e. The second-order valence-electron chi connectivity index (χ2n) is 7.77. The molecule has 0 unspecified atom stereocenters. The monoisotopic (exact) mass is 495 g/mol. The van der Waals surface area contributed by atoms with Gasteiger partial charge in [0.1, 0.15) is 6.61 Å². The summed E-state index contributed by atoms with van der Waals surface area (Å²) in [6, 6.07) is 0. The van der Waals surface area contributed by atoms with Crippen molar-refractivity contribution >= 4 is 5.97 Å². The molecule has 0 aliphatic carbocycles. The summed E-state index contributed by atoms with van der Waals surface area (Å²) < 4.78 is 43.0. The number of carbonyl (C=O) groups is 1. The van der Waals surface area contributed by atoms with Crippen LogP contribution in [0.1, 0.15) is 32.6 Å². The Morgan fingerprint density at radius 2 is 0.882 bits per heavy atom. The van der Waals surface area contributed by atoms with Crippen LogP contribution in [-0.2, 0) is 42.7 Å². The number of nitrogens with zero attached hydrogens (tertiary/aromatic N) is 1. The highest BCUT2D eigenvalue weighted by molar-refractivity contribution is 5.69. The van der Waals surface area contributed by atoms with Crippen LogP contribution in [0.2, 0.25) is 0 Å². The number of carbonyl (C=O) groups excluding carboxylic acids is 1. The Morgan fingerprint density at radius 3 is 1.24 bits per heavy atom. The van der Waals surface area contributed by atoms with Crippen LogP contribution in [0.5, 0.6) is 0 Å². The molecular formula is C24H49NO9. The minimum atomic E-state index is -0.153. The maximum Gasteiger partial charge on any atom is 0.305 e. The minimum absolute atomic E-state index is 0.153. The Hall–Kier alpha value is -0.850. The van der Waals surface area contributed by atoms with Gasteiger partial charge in [-0.15, -0.1) is 0 Å². The molecule has 0 saturated heterocycles. The molecule has 0 heterocycles. The van der Waals surface area contributed by atoms with Crippen molar-refractivity contribution in [1.82, 2.24) is 4.90 Å². The molecule has 0 amide bonds. The zero-order chi connectivity index (χ0) is 25.0. The van der Waals surface area contributed by atoms with E-state index in [0.717, 1.165) is 32.4 Å². The molecule has 0 rings (SSSR count). The average Bonchev–Trinajstić information content (AvgIpc) is 2.81. The SMILES string of the molecule is CCCCCC(=O)OCCOCCOCCOCCOCCOCCOCCOCCN(C)C. The van der Waals surface area contributed by atoms with E-state index >= 15 is 0 Å². The van der Waals surface area contributed by atoms with Crippen LogP contribution in [-0.4, -0.2) is 131 Å². The lowest BCUT2D eigenvalue weighted by Crippen LogP contribution is -2.19. The van der Waals surface area contributed by atoms with Crippen LogP contribution >= 0.6 is 0 Å². The van der Waals surface area contributed by atoms with Crippen molar-refractivity contribution in [2.45, 2.75) is 32.6 Å². The molecule has 10 nitrogen and oxygen atoms in total. The molecule has 204 valence electrons. The van der Waals surface area contributed by atoms with Crippen molar-refractivity contribution in [3.05, 3.63) is 0 Å². The highest BCUT2D eigenvalue weighted by atomic mass is 16.6. The zero-order valence-electron chi connectivity index (χ0n) is 21.8. The van der Waals surface area contributed by atoms with Crippen molar-refractivity contribution in [3.63, 3.8) is 0 Å². The van der Waals surface area contributed by atoms with E-state index < -0.39 is 0 Å². The Labute approximate surface area is 206 Å². The molecule has 0 saturated carbocycles. The van der Waals surface area contributed by atoms with E-state index in [0.29, 0.717) is 98.9 Å². The zero-order valence-corrected chi connectivity index (χ0v) is 21.8. The Morgan fingerprint density at radius 1 is 0.529 bits per heavy atom. The van der Waals surface area contributed by atoms with Crippen molar-refractivity contribution in [1.29, 1.82) is 0 Å². The fourth-order valence-corrected chi connectivity index (χ4v) is 2.47. The number of hydrogen-bond donors (Lipinski definition) is 0. The van der Waals surface area contributed by atoms with E-state index in [2.05, 4.69) is 11.8 Å². The quantitative estimate of drug-likeness (QED) is 0.118. The molecule has 0 aromatic carbocycles. The molecule has 0 aliphatic rings. The third-order valence-corrected chi connectivity index (χ3v) is 4.39. The van der Waals surface area contributed by atoms with E-state index in [1.807, 2.05) is 14.1 Å². The van der Waals surface area contributed by atoms with Crippen LogP contribution in [0.4, 0.5) is 0 Å². The fourth-order valence-electron chi connectivity index (χ4n) is 2.47. The minimum Gasteiger partial charge on any atom is -0.463 e. The first kappa shape index (κ1) is 33.1. The average molecular weight is 496 g/mol. The fraction of sp³-hybridized carbons (Fsp3) is 0.958. The van der Waals surface area contributed by atoms with E-state index in [9.17, 15) is 4.79 Å². The van der Waals surface area contributed by atoms with Gasteiger partial charge in [0, 0.05) is 13.0 Å². The lowest BCUT2D eigenvalue weighted by molar-refractivity contribution is -0.145. The van der Waals surface area contributed by atoms with E-state index in [-0.39, 0.29) is 5.97 Å². The lowest BCUT2D eigenvalue weighted by atomic mass is 10.2. The van der Waals surface area contributed by atoms with Crippen LogP contribution in [0.15, 0.2) is 0 Å². The maximum absolute atomic E-state index is 11.4. The van der Waals surface area contributed by atoms with Gasteiger partial charge in [0.25, 0.3) is 0 Å². The Kier molecular flexibility index (Phi) is 27.7. The summed E-state index contributed by atoms with van der Waals surface area (Å²) in [7, 11) is 4.04. The molecule has 0 spiro atoms. The van der Waals surface area contributed by atoms with E-state index in [1.165, 1.54) is 0 Å². The summed E-state index contributed by atoms with van der Waals surface area (Å²) in [5.74, 6) is -0.153. The van der Waals surface area contributed by atoms with Crippen LogP contribution in [0.3, 0.4) is 0 Å². The molecule has 0 radical (unpaired) electrons. The van der Waals surface area contributed by atoms with Crippen LogP contribution < -0.4 is 0 Å². The number of ether oxygens (including phenoxy) is 8. The molecule has 0 bridgehead atoms. The van der Waals surface area contributed by atoms with Crippen LogP contribution in [0.25, 0.3) is 0 Å². The van der Waals surface area contributed by atoms with Gasteiger partial charge in [0.05, 0.1) is 92.5 Å². The van der Waals surface area contributed by atoms with Crippen molar-refractivity contribution < 1.29 is 42.7 Å². The predicted molar refractivity (Wildman–Crippen MR) is 129 cm³/mol.